The first-order chi connectivity index (χ1) is 13.7. The zero-order valence-electron chi connectivity index (χ0n) is 15.9. The average Bonchev–Trinajstić information content (AvgIpc) is 2.58. The van der Waals surface area contributed by atoms with E-state index in [0.717, 1.165) is 6.07 Å². The number of benzene rings is 1. The molecule has 1 aromatic heterocycles. The van der Waals surface area contributed by atoms with Crippen LogP contribution in [0.25, 0.3) is 0 Å². The molecule has 2 rings (SSSR count). The second-order valence-electron chi connectivity index (χ2n) is 7.04. The molecule has 1 heterocycles. The van der Waals surface area contributed by atoms with E-state index in [2.05, 4.69) is 4.72 Å². The molecule has 0 bridgehead atoms. The van der Waals surface area contributed by atoms with Gasteiger partial charge in [0.25, 0.3) is 5.56 Å². The molecule has 164 valence electrons. The lowest BCUT2D eigenvalue weighted by molar-refractivity contribution is 0.0686. The number of carboxylic acid groups (broad SMARTS) is 1. The highest BCUT2D eigenvalue weighted by Gasteiger charge is 2.32. The standard InChI is InChI=1S/C18H17Cl3F2N2O3S2/c1-17(2,3)30-24-7-8-4-5-9(19)14(13(8)20)29-10-6-11(18(21,22)23)25-15(26)12(10)16(27)28/h4-6,24H,7H2,1-3H3,(H,25,26)(H,27,28). The monoisotopic (exact) mass is 516 g/mol. The topological polar surface area (TPSA) is 82.2 Å². The first-order valence-electron chi connectivity index (χ1n) is 8.34. The van der Waals surface area contributed by atoms with E-state index in [1.54, 1.807) is 17.1 Å². The summed E-state index contributed by atoms with van der Waals surface area (Å²) >= 11 is 19.9. The first kappa shape index (κ1) is 25.3. The van der Waals surface area contributed by atoms with Crippen molar-refractivity contribution < 1.29 is 18.7 Å². The van der Waals surface area contributed by atoms with Gasteiger partial charge in [-0.3, -0.25) is 9.52 Å². The van der Waals surface area contributed by atoms with Gasteiger partial charge in [0, 0.05) is 21.1 Å². The van der Waals surface area contributed by atoms with Crippen molar-refractivity contribution in [1.29, 1.82) is 0 Å². The van der Waals surface area contributed by atoms with Crippen molar-refractivity contribution in [2.75, 3.05) is 0 Å². The van der Waals surface area contributed by atoms with E-state index < -0.39 is 28.2 Å². The van der Waals surface area contributed by atoms with Crippen LogP contribution in [-0.2, 0) is 11.9 Å². The van der Waals surface area contributed by atoms with Gasteiger partial charge in [0.15, 0.2) is 0 Å². The lowest BCUT2D eigenvalue weighted by atomic mass is 10.2. The third-order valence-electron chi connectivity index (χ3n) is 3.50. The molecule has 0 saturated carbocycles. The van der Waals surface area contributed by atoms with Crippen LogP contribution in [0, 0.1) is 0 Å². The molecule has 0 aliphatic rings. The fourth-order valence-corrected chi connectivity index (χ4v) is 4.71. The summed E-state index contributed by atoms with van der Waals surface area (Å²) in [5, 5.41) is 5.86. The lowest BCUT2D eigenvalue weighted by Crippen LogP contribution is -2.23. The predicted octanol–water partition coefficient (Wildman–Crippen LogP) is 6.36. The van der Waals surface area contributed by atoms with Crippen molar-refractivity contribution in [2.24, 2.45) is 0 Å². The van der Waals surface area contributed by atoms with Crippen LogP contribution < -0.4 is 10.3 Å². The number of nitrogens with one attached hydrogen (secondary N) is 2. The van der Waals surface area contributed by atoms with Gasteiger partial charge in [-0.15, -0.1) is 0 Å². The summed E-state index contributed by atoms with van der Waals surface area (Å²) in [7, 11) is 0. The SMILES string of the molecule is CC(C)(C)SNCc1ccc(Cl)c(Sc2cc(C(F)(F)Cl)[nH]c(=O)c2C(=O)O)c1Cl. The molecule has 2 aromatic rings. The van der Waals surface area contributed by atoms with Crippen molar-refractivity contribution in [1.82, 2.24) is 9.71 Å². The van der Waals surface area contributed by atoms with E-state index >= 15 is 0 Å². The van der Waals surface area contributed by atoms with Gasteiger partial charge in [0.1, 0.15) is 11.3 Å². The molecule has 0 aliphatic heterocycles. The number of aromatic nitrogens is 1. The smallest absolute Gasteiger partial charge is 0.362 e. The van der Waals surface area contributed by atoms with Crippen LogP contribution in [0.4, 0.5) is 8.78 Å². The Hall–Kier alpha value is -0.970. The molecule has 0 unspecified atom stereocenters. The Morgan fingerprint density at radius 3 is 2.43 bits per heavy atom. The number of H-pyrrole nitrogens is 1. The summed E-state index contributed by atoms with van der Waals surface area (Å²) in [4.78, 5) is 25.4. The van der Waals surface area contributed by atoms with Gasteiger partial charge >= 0.3 is 11.4 Å². The van der Waals surface area contributed by atoms with Crippen LogP contribution in [0.3, 0.4) is 0 Å². The number of halogens is 5. The number of hydrogen-bond donors (Lipinski definition) is 3. The molecule has 0 atom stereocenters. The summed E-state index contributed by atoms with van der Waals surface area (Å²) < 4.78 is 30.2. The maximum Gasteiger partial charge on any atom is 0.362 e. The maximum absolute atomic E-state index is 13.5. The van der Waals surface area contributed by atoms with Gasteiger partial charge in [-0.2, -0.15) is 8.78 Å². The van der Waals surface area contributed by atoms with Crippen molar-refractivity contribution in [2.45, 2.75) is 47.2 Å². The number of carboxylic acids is 1. The van der Waals surface area contributed by atoms with E-state index in [4.69, 9.17) is 34.8 Å². The molecule has 30 heavy (non-hydrogen) atoms. The third kappa shape index (κ3) is 6.51. The normalized spacial score (nSPS) is 12.3. The van der Waals surface area contributed by atoms with Gasteiger partial charge < -0.3 is 10.1 Å². The third-order valence-corrected chi connectivity index (χ3v) is 6.74. The Morgan fingerprint density at radius 1 is 1.27 bits per heavy atom. The van der Waals surface area contributed by atoms with Crippen LogP contribution in [-0.4, -0.2) is 20.8 Å². The molecule has 3 N–H and O–H groups in total. The summed E-state index contributed by atoms with van der Waals surface area (Å²) in [6.45, 7) is 6.46. The zero-order chi connectivity index (χ0) is 22.9. The average molecular weight is 518 g/mol. The molecule has 5 nitrogen and oxygen atoms in total. The Morgan fingerprint density at radius 2 is 1.90 bits per heavy atom. The number of pyridine rings is 1. The first-order valence-corrected chi connectivity index (χ1v) is 11.1. The zero-order valence-corrected chi connectivity index (χ0v) is 19.8. The van der Waals surface area contributed by atoms with Gasteiger partial charge in [-0.05, 0) is 50.1 Å². The molecule has 0 radical (unpaired) electrons. The highest BCUT2D eigenvalue weighted by Crippen LogP contribution is 2.42. The van der Waals surface area contributed by atoms with Gasteiger partial charge in [-0.25, -0.2) is 4.79 Å². The Balaban J connectivity index is 2.49. The minimum Gasteiger partial charge on any atom is -0.477 e. The van der Waals surface area contributed by atoms with Crippen molar-refractivity contribution in [3.8, 4) is 0 Å². The Labute approximate surface area is 195 Å². The molecule has 0 fully saturated rings. The molecule has 0 spiro atoms. The molecule has 0 saturated heterocycles. The van der Waals surface area contributed by atoms with Crippen molar-refractivity contribution >= 4 is 64.5 Å². The van der Waals surface area contributed by atoms with Crippen LogP contribution in [0.15, 0.2) is 32.8 Å². The number of hydrogen-bond acceptors (Lipinski definition) is 5. The van der Waals surface area contributed by atoms with Gasteiger partial charge in [0.2, 0.25) is 0 Å². The fraction of sp³-hybridized carbons (Fsp3) is 0.333. The van der Waals surface area contributed by atoms with Crippen LogP contribution in [0.5, 0.6) is 0 Å². The molecule has 0 amide bonds. The van der Waals surface area contributed by atoms with E-state index in [1.807, 2.05) is 20.8 Å². The maximum atomic E-state index is 13.5. The summed E-state index contributed by atoms with van der Waals surface area (Å²) in [6.07, 6.45) is 0. The minimum absolute atomic E-state index is 0.0405. The highest BCUT2D eigenvalue weighted by atomic mass is 35.5. The van der Waals surface area contributed by atoms with E-state index in [0.29, 0.717) is 23.9 Å². The largest absolute Gasteiger partial charge is 0.477 e. The van der Waals surface area contributed by atoms with Crippen LogP contribution in [0.1, 0.15) is 42.4 Å². The number of aromatic amines is 1. The second-order valence-corrected chi connectivity index (χ2v) is 11.1. The molecule has 12 heteroatoms. The predicted molar refractivity (Wildman–Crippen MR) is 119 cm³/mol. The number of alkyl halides is 3. The Kier molecular flexibility index (Phi) is 8.15. The van der Waals surface area contributed by atoms with E-state index in [9.17, 15) is 23.5 Å². The van der Waals surface area contributed by atoms with Gasteiger partial charge in [-0.1, -0.05) is 53.0 Å². The summed E-state index contributed by atoms with van der Waals surface area (Å²) in [5.41, 5.74) is -2.21. The Bertz CT molecular complexity index is 1020. The molecule has 1 aromatic carbocycles. The molecular weight excluding hydrogens is 501 g/mol. The number of carbonyl (C=O) groups is 1. The van der Waals surface area contributed by atoms with E-state index in [1.165, 1.54) is 11.9 Å². The number of rotatable bonds is 7. The number of aromatic carboxylic acids is 1. The minimum atomic E-state index is -3.89. The second kappa shape index (κ2) is 9.67. The molecular formula is C18H17Cl3F2N2O3S2. The van der Waals surface area contributed by atoms with Crippen LogP contribution >= 0.6 is 58.5 Å². The van der Waals surface area contributed by atoms with Crippen molar-refractivity contribution in [3.63, 3.8) is 0 Å². The van der Waals surface area contributed by atoms with Crippen LogP contribution in [0.2, 0.25) is 10.0 Å². The lowest BCUT2D eigenvalue weighted by Gasteiger charge is -2.19. The molecule has 0 aliphatic carbocycles. The fourth-order valence-electron chi connectivity index (χ4n) is 2.22. The quantitative estimate of drug-likeness (QED) is 0.293. The van der Waals surface area contributed by atoms with Gasteiger partial charge in [0.05, 0.1) is 10.0 Å². The summed E-state index contributed by atoms with van der Waals surface area (Å²) in [6, 6.07) is 4.05. The summed E-state index contributed by atoms with van der Waals surface area (Å²) in [5.74, 6) is -1.59. The highest BCUT2D eigenvalue weighted by molar-refractivity contribution is 7.99. The van der Waals surface area contributed by atoms with Crippen molar-refractivity contribution in [3.05, 3.63) is 55.4 Å². The van der Waals surface area contributed by atoms with E-state index in [-0.39, 0.29) is 24.6 Å².